The highest BCUT2D eigenvalue weighted by atomic mass is 16.5. The van der Waals surface area contributed by atoms with Crippen LogP contribution >= 0.6 is 0 Å². The number of imidazole rings is 1. The molecule has 1 saturated heterocycles. The molecule has 0 aliphatic carbocycles. The molecule has 29 heavy (non-hydrogen) atoms. The summed E-state index contributed by atoms with van der Waals surface area (Å²) in [6, 6.07) is 8.39. The zero-order chi connectivity index (χ0) is 20.0. The van der Waals surface area contributed by atoms with Gasteiger partial charge in [-0.05, 0) is 39.0 Å². The summed E-state index contributed by atoms with van der Waals surface area (Å²) in [5.41, 5.74) is 5.88. The molecule has 0 spiro atoms. The largest absolute Gasteiger partial charge is 0.377 e. The van der Waals surface area contributed by atoms with Crippen molar-refractivity contribution in [3.05, 3.63) is 48.0 Å². The fourth-order valence-electron chi connectivity index (χ4n) is 3.99. The molecule has 1 aliphatic rings. The van der Waals surface area contributed by atoms with Gasteiger partial charge in [0.1, 0.15) is 5.69 Å². The van der Waals surface area contributed by atoms with Crippen molar-refractivity contribution in [3.63, 3.8) is 0 Å². The number of aryl methyl sites for hydroxylation is 2. The summed E-state index contributed by atoms with van der Waals surface area (Å²) in [5, 5.41) is 12.1. The van der Waals surface area contributed by atoms with Gasteiger partial charge in [-0.15, -0.1) is 5.10 Å². The summed E-state index contributed by atoms with van der Waals surface area (Å²) in [4.78, 5) is 11.6. The minimum absolute atomic E-state index is 0.247. The van der Waals surface area contributed by atoms with Gasteiger partial charge in [0, 0.05) is 35.8 Å². The van der Waals surface area contributed by atoms with Crippen molar-refractivity contribution >= 4 is 11.3 Å². The summed E-state index contributed by atoms with van der Waals surface area (Å²) in [6.45, 7) is 8.40. The van der Waals surface area contributed by atoms with Crippen molar-refractivity contribution in [2.75, 3.05) is 24.7 Å². The number of rotatable bonds is 3. The number of aromatic amines is 1. The molecule has 0 amide bonds. The van der Waals surface area contributed by atoms with E-state index in [0.717, 1.165) is 51.9 Å². The van der Waals surface area contributed by atoms with E-state index >= 15 is 0 Å². The Balaban J connectivity index is 1.81. The number of aromatic nitrogens is 6. The SMILES string of the molecule is Cc1ncccc1-c1cc(N2CCOCC2C)nn2c(-c3ccn[nH]3)nc(C)c12. The van der Waals surface area contributed by atoms with Crippen molar-refractivity contribution in [1.82, 2.24) is 29.8 Å². The molecule has 0 bridgehead atoms. The normalized spacial score (nSPS) is 17.2. The molecule has 5 rings (SSSR count). The van der Waals surface area contributed by atoms with Crippen molar-refractivity contribution in [1.29, 1.82) is 0 Å². The predicted molar refractivity (Wildman–Crippen MR) is 111 cm³/mol. The molecule has 0 radical (unpaired) electrons. The van der Waals surface area contributed by atoms with Crippen LogP contribution in [0.3, 0.4) is 0 Å². The number of hydrogen-bond donors (Lipinski definition) is 1. The highest BCUT2D eigenvalue weighted by molar-refractivity contribution is 5.86. The summed E-state index contributed by atoms with van der Waals surface area (Å²) < 4.78 is 7.56. The number of morpholine rings is 1. The van der Waals surface area contributed by atoms with Crippen LogP contribution in [0.15, 0.2) is 36.7 Å². The topological polar surface area (TPSA) is 84.2 Å². The molecule has 0 aromatic carbocycles. The molecule has 8 heteroatoms. The second-order valence-corrected chi connectivity index (χ2v) is 7.42. The summed E-state index contributed by atoms with van der Waals surface area (Å²) in [7, 11) is 0. The third-order valence-electron chi connectivity index (χ3n) is 5.46. The van der Waals surface area contributed by atoms with Gasteiger partial charge in [-0.25, -0.2) is 9.50 Å². The molecule has 1 unspecified atom stereocenters. The highest BCUT2D eigenvalue weighted by Crippen LogP contribution is 2.34. The van der Waals surface area contributed by atoms with Gasteiger partial charge in [-0.3, -0.25) is 10.1 Å². The van der Waals surface area contributed by atoms with E-state index in [9.17, 15) is 0 Å². The molecule has 5 heterocycles. The zero-order valence-electron chi connectivity index (χ0n) is 16.8. The Hall–Kier alpha value is -3.26. The van der Waals surface area contributed by atoms with Crippen LogP contribution in [0, 0.1) is 13.8 Å². The monoisotopic (exact) mass is 389 g/mol. The van der Waals surface area contributed by atoms with Crippen LogP contribution in [0.1, 0.15) is 18.3 Å². The number of fused-ring (bicyclic) bond motifs is 1. The fraction of sp³-hybridized carbons (Fsp3) is 0.333. The van der Waals surface area contributed by atoms with E-state index in [1.807, 2.05) is 36.7 Å². The molecule has 1 N–H and O–H groups in total. The quantitative estimate of drug-likeness (QED) is 0.580. The molecular weight excluding hydrogens is 366 g/mol. The van der Waals surface area contributed by atoms with Gasteiger partial charge in [-0.1, -0.05) is 6.07 Å². The average molecular weight is 389 g/mol. The molecule has 1 atom stereocenters. The van der Waals surface area contributed by atoms with E-state index in [1.165, 1.54) is 0 Å². The van der Waals surface area contributed by atoms with Gasteiger partial charge in [0.25, 0.3) is 0 Å². The average Bonchev–Trinajstić information content (AvgIpc) is 3.36. The van der Waals surface area contributed by atoms with Gasteiger partial charge in [0.2, 0.25) is 0 Å². The van der Waals surface area contributed by atoms with Crippen LogP contribution in [-0.2, 0) is 4.74 Å². The van der Waals surface area contributed by atoms with Crippen molar-refractivity contribution in [3.8, 4) is 22.6 Å². The number of anilines is 1. The van der Waals surface area contributed by atoms with Gasteiger partial charge < -0.3 is 9.64 Å². The maximum Gasteiger partial charge on any atom is 0.179 e. The Bertz CT molecular complexity index is 1170. The van der Waals surface area contributed by atoms with E-state index in [4.69, 9.17) is 14.8 Å². The fourth-order valence-corrected chi connectivity index (χ4v) is 3.99. The number of nitrogens with zero attached hydrogens (tertiary/aromatic N) is 6. The van der Waals surface area contributed by atoms with Gasteiger partial charge in [-0.2, -0.15) is 5.10 Å². The Morgan fingerprint density at radius 2 is 2.03 bits per heavy atom. The first-order valence-electron chi connectivity index (χ1n) is 9.80. The van der Waals surface area contributed by atoms with Gasteiger partial charge in [0.15, 0.2) is 11.6 Å². The lowest BCUT2D eigenvalue weighted by molar-refractivity contribution is 0.0984. The van der Waals surface area contributed by atoms with Gasteiger partial charge in [0.05, 0.1) is 30.5 Å². The highest BCUT2D eigenvalue weighted by Gasteiger charge is 2.25. The number of ether oxygens (including phenoxy) is 1. The molecular formula is C21H23N7O. The molecule has 148 valence electrons. The maximum absolute atomic E-state index is 5.63. The second-order valence-electron chi connectivity index (χ2n) is 7.42. The first-order valence-corrected chi connectivity index (χ1v) is 9.80. The molecule has 1 fully saturated rings. The maximum atomic E-state index is 5.63. The summed E-state index contributed by atoms with van der Waals surface area (Å²) >= 11 is 0. The number of H-pyrrole nitrogens is 1. The Kier molecular flexibility index (Phi) is 4.28. The molecule has 4 aromatic heterocycles. The molecule has 8 nitrogen and oxygen atoms in total. The van der Waals surface area contributed by atoms with Crippen LogP contribution in [0.5, 0.6) is 0 Å². The summed E-state index contributed by atoms with van der Waals surface area (Å²) in [6.07, 6.45) is 3.55. The minimum atomic E-state index is 0.247. The lowest BCUT2D eigenvalue weighted by Gasteiger charge is -2.34. The third kappa shape index (κ3) is 2.96. The molecule has 0 saturated carbocycles. The Labute approximate surface area is 168 Å². The predicted octanol–water partition coefficient (Wildman–Crippen LogP) is 3.02. The van der Waals surface area contributed by atoms with Crippen molar-refractivity contribution < 1.29 is 4.74 Å². The Morgan fingerprint density at radius 1 is 1.14 bits per heavy atom. The summed E-state index contributed by atoms with van der Waals surface area (Å²) in [5.74, 6) is 1.66. The number of pyridine rings is 1. The lowest BCUT2D eigenvalue weighted by atomic mass is 10.0. The molecule has 4 aromatic rings. The number of nitrogens with one attached hydrogen (secondary N) is 1. The van der Waals surface area contributed by atoms with E-state index in [0.29, 0.717) is 13.2 Å². The van der Waals surface area contributed by atoms with E-state index in [-0.39, 0.29) is 6.04 Å². The third-order valence-corrected chi connectivity index (χ3v) is 5.46. The van der Waals surface area contributed by atoms with Crippen molar-refractivity contribution in [2.45, 2.75) is 26.8 Å². The van der Waals surface area contributed by atoms with Crippen LogP contribution in [0.25, 0.3) is 28.2 Å². The zero-order valence-corrected chi connectivity index (χ0v) is 16.8. The standard InChI is InChI=1S/C21H23N7O/c1-13-12-29-10-9-27(13)19-11-17(16-5-4-7-22-14(16)2)20-15(3)24-21(28(20)26-19)18-6-8-23-25-18/h4-8,11,13H,9-10,12H2,1-3H3,(H,23,25). The molecule has 1 aliphatic heterocycles. The van der Waals surface area contributed by atoms with Crippen LogP contribution in [0.4, 0.5) is 5.82 Å². The van der Waals surface area contributed by atoms with E-state index in [2.05, 4.69) is 39.1 Å². The van der Waals surface area contributed by atoms with Crippen LogP contribution in [0.2, 0.25) is 0 Å². The van der Waals surface area contributed by atoms with Crippen LogP contribution in [-0.4, -0.2) is 55.6 Å². The second kappa shape index (κ2) is 6.97. The number of hydrogen-bond acceptors (Lipinski definition) is 6. The van der Waals surface area contributed by atoms with Crippen molar-refractivity contribution in [2.24, 2.45) is 0 Å². The van der Waals surface area contributed by atoms with Gasteiger partial charge >= 0.3 is 0 Å². The van der Waals surface area contributed by atoms with Crippen LogP contribution < -0.4 is 4.90 Å². The first-order chi connectivity index (χ1) is 14.1. The minimum Gasteiger partial charge on any atom is -0.377 e. The van der Waals surface area contributed by atoms with E-state index in [1.54, 1.807) is 6.20 Å². The Morgan fingerprint density at radius 3 is 2.79 bits per heavy atom. The first kappa shape index (κ1) is 17.8. The lowest BCUT2D eigenvalue weighted by Crippen LogP contribution is -2.44. The van der Waals surface area contributed by atoms with E-state index < -0.39 is 0 Å². The smallest absolute Gasteiger partial charge is 0.179 e.